The number of carbonyl (C=O) groups excluding carboxylic acids is 1. The zero-order valence-corrected chi connectivity index (χ0v) is 7.48. The van der Waals surface area contributed by atoms with Crippen molar-refractivity contribution in [3.8, 4) is 0 Å². The SMILES string of the molecule is COC(=O)C1=CC2=CCSC2=C1. The van der Waals surface area contributed by atoms with Gasteiger partial charge in [-0.05, 0) is 17.7 Å². The number of carbonyl (C=O) groups is 1. The highest BCUT2D eigenvalue weighted by molar-refractivity contribution is 8.03. The van der Waals surface area contributed by atoms with Gasteiger partial charge in [0, 0.05) is 10.7 Å². The molecule has 0 unspecified atom stereocenters. The number of fused-ring (bicyclic) bond motifs is 1. The fourth-order valence-corrected chi connectivity index (χ4v) is 2.21. The van der Waals surface area contributed by atoms with Crippen LogP contribution < -0.4 is 0 Å². The second-order valence-corrected chi connectivity index (χ2v) is 3.63. The molecule has 2 aliphatic rings. The summed E-state index contributed by atoms with van der Waals surface area (Å²) < 4.78 is 4.61. The van der Waals surface area contributed by atoms with Crippen LogP contribution in [0.5, 0.6) is 0 Å². The molecule has 0 aromatic heterocycles. The van der Waals surface area contributed by atoms with Crippen LogP contribution >= 0.6 is 11.8 Å². The van der Waals surface area contributed by atoms with Crippen LogP contribution in [-0.4, -0.2) is 18.8 Å². The Labute approximate surface area is 75.0 Å². The summed E-state index contributed by atoms with van der Waals surface area (Å²) in [6.07, 6.45) is 5.88. The molecule has 0 N–H and O–H groups in total. The second-order valence-electron chi connectivity index (χ2n) is 2.57. The molecular weight excluding hydrogens is 172 g/mol. The van der Waals surface area contributed by atoms with E-state index in [0.717, 1.165) is 5.75 Å². The first-order chi connectivity index (χ1) is 5.81. The van der Waals surface area contributed by atoms with Crippen LogP contribution in [0.25, 0.3) is 0 Å². The lowest BCUT2D eigenvalue weighted by Gasteiger charge is -1.94. The van der Waals surface area contributed by atoms with E-state index < -0.39 is 0 Å². The predicted octanol–water partition coefficient (Wildman–Crippen LogP) is 1.66. The molecule has 0 saturated carbocycles. The number of methoxy groups -OCH3 is 1. The fourth-order valence-electron chi connectivity index (χ4n) is 1.25. The van der Waals surface area contributed by atoms with E-state index in [1.807, 2.05) is 12.2 Å². The molecule has 1 heterocycles. The Morgan fingerprint density at radius 2 is 2.42 bits per heavy atom. The largest absolute Gasteiger partial charge is 0.465 e. The smallest absolute Gasteiger partial charge is 0.337 e. The number of hydrogen-bond acceptors (Lipinski definition) is 3. The van der Waals surface area contributed by atoms with Crippen molar-refractivity contribution in [2.75, 3.05) is 12.9 Å². The van der Waals surface area contributed by atoms with Crippen LogP contribution in [0.2, 0.25) is 0 Å². The maximum Gasteiger partial charge on any atom is 0.337 e. The third-order valence-electron chi connectivity index (χ3n) is 1.85. The standard InChI is InChI=1S/C9H8O2S/c1-11-9(10)7-4-6-2-3-12-8(6)5-7/h2,4-5H,3H2,1H3. The van der Waals surface area contributed by atoms with Crippen LogP contribution in [-0.2, 0) is 9.53 Å². The third-order valence-corrected chi connectivity index (χ3v) is 2.84. The maximum atomic E-state index is 11.1. The Balaban J connectivity index is 2.28. The number of thioether (sulfide) groups is 1. The van der Waals surface area contributed by atoms with E-state index >= 15 is 0 Å². The molecule has 2 nitrogen and oxygen atoms in total. The predicted molar refractivity (Wildman–Crippen MR) is 48.7 cm³/mol. The van der Waals surface area contributed by atoms with Gasteiger partial charge in [-0.15, -0.1) is 11.8 Å². The van der Waals surface area contributed by atoms with E-state index in [2.05, 4.69) is 10.8 Å². The monoisotopic (exact) mass is 180 g/mol. The molecule has 1 aliphatic carbocycles. The Hall–Kier alpha value is -0.960. The van der Waals surface area contributed by atoms with E-state index in [1.165, 1.54) is 17.6 Å². The van der Waals surface area contributed by atoms with Crippen LogP contribution in [0.1, 0.15) is 0 Å². The normalized spacial score (nSPS) is 19.6. The van der Waals surface area contributed by atoms with Gasteiger partial charge in [0.15, 0.2) is 0 Å². The number of rotatable bonds is 1. The highest BCUT2D eigenvalue weighted by Gasteiger charge is 2.20. The molecule has 2 rings (SSSR count). The van der Waals surface area contributed by atoms with Crippen molar-refractivity contribution >= 4 is 17.7 Å². The lowest BCUT2D eigenvalue weighted by atomic mass is 10.2. The minimum Gasteiger partial charge on any atom is -0.465 e. The summed E-state index contributed by atoms with van der Waals surface area (Å²) in [6, 6.07) is 0. The summed E-state index contributed by atoms with van der Waals surface area (Å²) >= 11 is 1.75. The summed E-state index contributed by atoms with van der Waals surface area (Å²) in [7, 11) is 1.40. The van der Waals surface area contributed by atoms with Gasteiger partial charge in [0.05, 0.1) is 12.7 Å². The van der Waals surface area contributed by atoms with Crippen molar-refractivity contribution in [1.29, 1.82) is 0 Å². The first-order valence-electron chi connectivity index (χ1n) is 3.66. The Bertz CT molecular complexity index is 323. The lowest BCUT2D eigenvalue weighted by Crippen LogP contribution is -2.00. The van der Waals surface area contributed by atoms with E-state index in [1.54, 1.807) is 11.8 Å². The summed E-state index contributed by atoms with van der Waals surface area (Å²) in [6.45, 7) is 0. The van der Waals surface area contributed by atoms with Gasteiger partial charge in [0.1, 0.15) is 0 Å². The van der Waals surface area contributed by atoms with Gasteiger partial charge in [-0.1, -0.05) is 6.08 Å². The van der Waals surface area contributed by atoms with Crippen molar-refractivity contribution < 1.29 is 9.53 Å². The molecule has 0 aromatic carbocycles. The van der Waals surface area contributed by atoms with Crippen molar-refractivity contribution in [2.45, 2.75) is 0 Å². The van der Waals surface area contributed by atoms with Crippen molar-refractivity contribution in [1.82, 2.24) is 0 Å². The topological polar surface area (TPSA) is 26.3 Å². The van der Waals surface area contributed by atoms with Gasteiger partial charge < -0.3 is 4.74 Å². The Kier molecular flexibility index (Phi) is 1.81. The van der Waals surface area contributed by atoms with Crippen molar-refractivity contribution in [3.63, 3.8) is 0 Å². The Morgan fingerprint density at radius 3 is 3.08 bits per heavy atom. The van der Waals surface area contributed by atoms with Crippen LogP contribution in [0, 0.1) is 0 Å². The molecule has 0 radical (unpaired) electrons. The zero-order valence-electron chi connectivity index (χ0n) is 6.66. The van der Waals surface area contributed by atoms with Gasteiger partial charge >= 0.3 is 5.97 Å². The van der Waals surface area contributed by atoms with Gasteiger partial charge in [-0.25, -0.2) is 4.79 Å². The summed E-state index contributed by atoms with van der Waals surface area (Å²) in [4.78, 5) is 12.3. The molecule has 0 bridgehead atoms. The quantitative estimate of drug-likeness (QED) is 0.574. The average Bonchev–Trinajstić information content (AvgIpc) is 2.60. The van der Waals surface area contributed by atoms with E-state index in [4.69, 9.17) is 0 Å². The second kappa shape index (κ2) is 2.83. The minimum atomic E-state index is -0.251. The van der Waals surface area contributed by atoms with E-state index in [9.17, 15) is 4.79 Å². The summed E-state index contributed by atoms with van der Waals surface area (Å²) in [5, 5.41) is 0. The molecule has 0 fully saturated rings. The van der Waals surface area contributed by atoms with E-state index in [-0.39, 0.29) is 5.97 Å². The highest BCUT2D eigenvalue weighted by atomic mass is 32.2. The number of esters is 1. The first kappa shape index (κ1) is 7.68. The van der Waals surface area contributed by atoms with Crippen molar-refractivity contribution in [3.05, 3.63) is 34.3 Å². The molecule has 0 atom stereocenters. The van der Waals surface area contributed by atoms with E-state index in [0.29, 0.717) is 5.57 Å². The molecule has 0 aromatic rings. The minimum absolute atomic E-state index is 0.251. The first-order valence-corrected chi connectivity index (χ1v) is 4.65. The summed E-state index contributed by atoms with van der Waals surface area (Å²) in [5.74, 6) is 0.768. The van der Waals surface area contributed by atoms with Gasteiger partial charge in [-0.2, -0.15) is 0 Å². The summed E-state index contributed by atoms with van der Waals surface area (Å²) in [5.41, 5.74) is 1.83. The van der Waals surface area contributed by atoms with Crippen LogP contribution in [0.15, 0.2) is 34.3 Å². The lowest BCUT2D eigenvalue weighted by molar-refractivity contribution is -0.135. The molecular formula is C9H8O2S. The molecule has 12 heavy (non-hydrogen) atoms. The highest BCUT2D eigenvalue weighted by Crippen LogP contribution is 2.37. The average molecular weight is 180 g/mol. The van der Waals surface area contributed by atoms with Gasteiger partial charge in [0.2, 0.25) is 0 Å². The van der Waals surface area contributed by atoms with Crippen LogP contribution in [0.4, 0.5) is 0 Å². The molecule has 0 amide bonds. The molecule has 0 saturated heterocycles. The van der Waals surface area contributed by atoms with Crippen molar-refractivity contribution in [2.24, 2.45) is 0 Å². The Morgan fingerprint density at radius 1 is 1.58 bits per heavy atom. The third kappa shape index (κ3) is 1.10. The molecule has 62 valence electrons. The number of ether oxygens (including phenoxy) is 1. The number of allylic oxidation sites excluding steroid dienone is 2. The number of hydrogen-bond donors (Lipinski definition) is 0. The fraction of sp³-hybridized carbons (Fsp3) is 0.222. The molecule has 1 aliphatic heterocycles. The molecule has 0 spiro atoms. The molecule has 3 heteroatoms. The zero-order chi connectivity index (χ0) is 8.55. The van der Waals surface area contributed by atoms with Gasteiger partial charge in [-0.3, -0.25) is 0 Å². The maximum absolute atomic E-state index is 11.1. The van der Waals surface area contributed by atoms with Gasteiger partial charge in [0.25, 0.3) is 0 Å². The van der Waals surface area contributed by atoms with Crippen LogP contribution in [0.3, 0.4) is 0 Å².